The molecule has 3 heteroatoms. The predicted octanol–water partition coefficient (Wildman–Crippen LogP) is 2.33. The maximum Gasteiger partial charge on any atom is 0.157 e. The lowest BCUT2D eigenvalue weighted by Crippen LogP contribution is -2.00. The number of ether oxygens (including phenoxy) is 1. The largest absolute Gasteiger partial charge is 0.484 e. The molecule has 0 atom stereocenters. The summed E-state index contributed by atoms with van der Waals surface area (Å²) in [4.78, 5) is 10.0. The molecule has 0 aliphatic rings. The van der Waals surface area contributed by atoms with E-state index in [2.05, 4.69) is 5.32 Å². The molecule has 0 amide bonds. The van der Waals surface area contributed by atoms with Crippen molar-refractivity contribution in [1.29, 1.82) is 0 Å². The van der Waals surface area contributed by atoms with Crippen molar-refractivity contribution < 1.29 is 9.53 Å². The van der Waals surface area contributed by atoms with Crippen molar-refractivity contribution in [1.82, 2.24) is 0 Å². The fourth-order valence-corrected chi connectivity index (χ4v) is 0.923. The van der Waals surface area contributed by atoms with E-state index >= 15 is 0 Å². The van der Waals surface area contributed by atoms with Gasteiger partial charge in [-0.2, -0.15) is 0 Å². The summed E-state index contributed by atoms with van der Waals surface area (Å²) in [5, 5.41) is 2.96. The molecule has 0 aliphatic carbocycles. The van der Waals surface area contributed by atoms with Crippen LogP contribution in [0.4, 0.5) is 5.69 Å². The van der Waals surface area contributed by atoms with Gasteiger partial charge in [-0.1, -0.05) is 26.0 Å². The molecule has 1 rings (SSSR count). The molecule has 0 bridgehead atoms. The number of anilines is 1. The Morgan fingerprint density at radius 1 is 1.36 bits per heavy atom. The maximum atomic E-state index is 10.0. The van der Waals surface area contributed by atoms with Gasteiger partial charge in [0.2, 0.25) is 0 Å². The van der Waals surface area contributed by atoms with Gasteiger partial charge >= 0.3 is 0 Å². The molecule has 0 unspecified atom stereocenters. The highest BCUT2D eigenvalue weighted by Gasteiger charge is 1.98. The van der Waals surface area contributed by atoms with Crippen molar-refractivity contribution in [3.63, 3.8) is 0 Å². The molecule has 0 aromatic heterocycles. The average molecular weight is 195 g/mol. The van der Waals surface area contributed by atoms with Gasteiger partial charge in [-0.25, -0.2) is 0 Å². The fourth-order valence-electron chi connectivity index (χ4n) is 0.923. The Hall–Kier alpha value is -1.51. The van der Waals surface area contributed by atoms with Crippen molar-refractivity contribution in [2.24, 2.45) is 0 Å². The Morgan fingerprint density at radius 3 is 2.57 bits per heavy atom. The van der Waals surface area contributed by atoms with Crippen LogP contribution in [0, 0.1) is 0 Å². The highest BCUT2D eigenvalue weighted by atomic mass is 16.5. The summed E-state index contributed by atoms with van der Waals surface area (Å²) in [6, 6.07) is 7.47. The first kappa shape index (κ1) is 12.5. The number of carbonyl (C=O) groups excluding carboxylic acids is 1. The second kappa shape index (κ2) is 8.10. The van der Waals surface area contributed by atoms with E-state index in [-0.39, 0.29) is 6.61 Å². The number of benzene rings is 1. The quantitative estimate of drug-likeness (QED) is 0.749. The van der Waals surface area contributed by atoms with Gasteiger partial charge in [0, 0.05) is 7.05 Å². The minimum absolute atomic E-state index is 0.0959. The Labute approximate surface area is 85.1 Å². The van der Waals surface area contributed by atoms with Crippen molar-refractivity contribution in [3.8, 4) is 5.75 Å². The number of aldehydes is 1. The number of hydrogen-bond acceptors (Lipinski definition) is 3. The van der Waals surface area contributed by atoms with E-state index in [4.69, 9.17) is 4.74 Å². The van der Waals surface area contributed by atoms with Crippen LogP contribution in [-0.4, -0.2) is 19.9 Å². The second-order valence-electron chi connectivity index (χ2n) is 2.22. The van der Waals surface area contributed by atoms with Crippen molar-refractivity contribution in [2.45, 2.75) is 13.8 Å². The van der Waals surface area contributed by atoms with Gasteiger partial charge in [-0.05, 0) is 12.1 Å². The van der Waals surface area contributed by atoms with E-state index in [9.17, 15) is 4.79 Å². The molecule has 0 aliphatic heterocycles. The van der Waals surface area contributed by atoms with Gasteiger partial charge in [0.05, 0.1) is 5.69 Å². The molecule has 14 heavy (non-hydrogen) atoms. The number of hydrogen-bond donors (Lipinski definition) is 1. The van der Waals surface area contributed by atoms with Gasteiger partial charge in [0.25, 0.3) is 0 Å². The summed E-state index contributed by atoms with van der Waals surface area (Å²) in [7, 11) is 1.81. The van der Waals surface area contributed by atoms with Crippen LogP contribution in [0.15, 0.2) is 24.3 Å². The van der Waals surface area contributed by atoms with Crippen molar-refractivity contribution in [3.05, 3.63) is 24.3 Å². The minimum Gasteiger partial charge on any atom is -0.484 e. The molecule has 78 valence electrons. The fraction of sp³-hybridized carbons (Fsp3) is 0.364. The van der Waals surface area contributed by atoms with E-state index in [0.717, 1.165) is 12.0 Å². The summed E-state index contributed by atoms with van der Waals surface area (Å²) in [5.74, 6) is 0.701. The van der Waals surface area contributed by atoms with E-state index in [1.807, 2.05) is 45.2 Å². The molecule has 0 saturated carbocycles. The molecule has 3 nitrogen and oxygen atoms in total. The number of carbonyl (C=O) groups is 1. The zero-order chi connectivity index (χ0) is 10.8. The third kappa shape index (κ3) is 3.94. The maximum absolute atomic E-state index is 10.0. The Morgan fingerprint density at radius 2 is 2.00 bits per heavy atom. The van der Waals surface area contributed by atoms with Crippen LogP contribution >= 0.6 is 0 Å². The number of nitrogens with one attached hydrogen (secondary N) is 1. The first-order valence-electron chi connectivity index (χ1n) is 4.71. The Kier molecular flexibility index (Phi) is 7.23. The van der Waals surface area contributed by atoms with Gasteiger partial charge in [-0.3, -0.25) is 4.79 Å². The van der Waals surface area contributed by atoms with Crippen LogP contribution in [0.1, 0.15) is 13.8 Å². The molecular formula is C11H17NO2. The SMILES string of the molecule is CC.CNc1ccccc1OCC=O. The van der Waals surface area contributed by atoms with Crippen molar-refractivity contribution >= 4 is 12.0 Å². The van der Waals surface area contributed by atoms with E-state index in [1.165, 1.54) is 0 Å². The standard InChI is InChI=1S/C9H11NO2.C2H6/c1-10-8-4-2-3-5-9(8)12-7-6-11;1-2/h2-6,10H,7H2,1H3;1-2H3. The molecular weight excluding hydrogens is 178 g/mol. The van der Waals surface area contributed by atoms with E-state index in [0.29, 0.717) is 5.75 Å². The van der Waals surface area contributed by atoms with E-state index in [1.54, 1.807) is 0 Å². The van der Waals surface area contributed by atoms with Crippen molar-refractivity contribution in [2.75, 3.05) is 19.0 Å². The monoisotopic (exact) mass is 195 g/mol. The molecule has 1 aromatic rings. The lowest BCUT2D eigenvalue weighted by atomic mass is 10.3. The molecule has 0 heterocycles. The van der Waals surface area contributed by atoms with Crippen LogP contribution in [0.2, 0.25) is 0 Å². The third-order valence-electron chi connectivity index (χ3n) is 1.46. The number of para-hydroxylation sites is 2. The molecule has 0 radical (unpaired) electrons. The average Bonchev–Trinajstić information content (AvgIpc) is 2.29. The van der Waals surface area contributed by atoms with Gasteiger partial charge in [0.15, 0.2) is 6.29 Å². The Bertz CT molecular complexity index is 261. The van der Waals surface area contributed by atoms with Gasteiger partial charge in [0.1, 0.15) is 12.4 Å². The van der Waals surface area contributed by atoms with Crippen LogP contribution in [0.5, 0.6) is 5.75 Å². The lowest BCUT2D eigenvalue weighted by molar-refractivity contribution is -0.109. The first-order chi connectivity index (χ1) is 6.88. The summed E-state index contributed by atoms with van der Waals surface area (Å²) in [5.41, 5.74) is 0.888. The highest BCUT2D eigenvalue weighted by molar-refractivity contribution is 5.58. The van der Waals surface area contributed by atoms with Gasteiger partial charge in [-0.15, -0.1) is 0 Å². The second-order valence-corrected chi connectivity index (χ2v) is 2.22. The lowest BCUT2D eigenvalue weighted by Gasteiger charge is -2.07. The van der Waals surface area contributed by atoms with Crippen LogP contribution in [0.3, 0.4) is 0 Å². The van der Waals surface area contributed by atoms with E-state index < -0.39 is 0 Å². The molecule has 1 aromatic carbocycles. The number of rotatable bonds is 4. The van der Waals surface area contributed by atoms with Crippen LogP contribution in [-0.2, 0) is 4.79 Å². The zero-order valence-corrected chi connectivity index (χ0v) is 8.91. The topological polar surface area (TPSA) is 38.3 Å². The molecule has 0 saturated heterocycles. The van der Waals surface area contributed by atoms with Crippen LogP contribution in [0.25, 0.3) is 0 Å². The smallest absolute Gasteiger partial charge is 0.157 e. The predicted molar refractivity (Wildman–Crippen MR) is 58.9 cm³/mol. The molecule has 1 N–H and O–H groups in total. The zero-order valence-electron chi connectivity index (χ0n) is 8.91. The summed E-state index contributed by atoms with van der Waals surface area (Å²) in [6.45, 7) is 4.10. The third-order valence-corrected chi connectivity index (χ3v) is 1.46. The van der Waals surface area contributed by atoms with Crippen LogP contribution < -0.4 is 10.1 Å². The minimum atomic E-state index is 0.0959. The first-order valence-corrected chi connectivity index (χ1v) is 4.71. The summed E-state index contributed by atoms with van der Waals surface area (Å²) < 4.78 is 5.15. The Balaban J connectivity index is 0.000000791. The summed E-state index contributed by atoms with van der Waals surface area (Å²) in [6.07, 6.45) is 0.729. The van der Waals surface area contributed by atoms with Gasteiger partial charge < -0.3 is 10.1 Å². The summed E-state index contributed by atoms with van der Waals surface area (Å²) >= 11 is 0. The normalized spacial score (nSPS) is 8.21. The molecule has 0 fully saturated rings. The molecule has 0 spiro atoms. The highest BCUT2D eigenvalue weighted by Crippen LogP contribution is 2.22.